The third kappa shape index (κ3) is 3.09. The van der Waals surface area contributed by atoms with Crippen LogP contribution in [0.2, 0.25) is 0 Å². The topological polar surface area (TPSA) is 90.8 Å². The summed E-state index contributed by atoms with van der Waals surface area (Å²) in [5.41, 5.74) is 3.43. The van der Waals surface area contributed by atoms with Gasteiger partial charge in [-0.05, 0) is 44.9 Å². The molecule has 1 fully saturated rings. The van der Waals surface area contributed by atoms with Gasteiger partial charge in [0.25, 0.3) is 5.69 Å². The smallest absolute Gasteiger partial charge is 0.317 e. The lowest BCUT2D eigenvalue weighted by atomic mass is 9.69. The number of hydrogen-bond acceptors (Lipinski definition) is 5. The van der Waals surface area contributed by atoms with E-state index in [1.807, 2.05) is 13.8 Å². The van der Waals surface area contributed by atoms with E-state index in [1.54, 1.807) is 17.0 Å². The first kappa shape index (κ1) is 19.0. The van der Waals surface area contributed by atoms with Crippen molar-refractivity contribution in [2.75, 3.05) is 38.5 Å². The van der Waals surface area contributed by atoms with E-state index in [1.165, 1.54) is 5.56 Å². The summed E-state index contributed by atoms with van der Waals surface area (Å²) in [7, 11) is 2.11. The first-order valence-electron chi connectivity index (χ1n) is 10.2. The molecule has 1 saturated heterocycles. The van der Waals surface area contributed by atoms with Gasteiger partial charge in [-0.25, -0.2) is 4.79 Å². The lowest BCUT2D eigenvalue weighted by molar-refractivity contribution is -0.384. The maximum atomic E-state index is 12.5. The fourth-order valence-corrected chi connectivity index (χ4v) is 5.39. The molecule has 2 unspecified atom stereocenters. The molecule has 4 atom stereocenters. The van der Waals surface area contributed by atoms with E-state index in [0.717, 1.165) is 37.2 Å². The zero-order chi connectivity index (χ0) is 20.0. The number of benzene rings is 1. The van der Waals surface area contributed by atoms with Crippen LogP contribution in [0.4, 0.5) is 16.2 Å². The maximum Gasteiger partial charge on any atom is 0.317 e. The van der Waals surface area contributed by atoms with Crippen LogP contribution >= 0.6 is 0 Å². The average molecular weight is 387 g/mol. The summed E-state index contributed by atoms with van der Waals surface area (Å²) in [4.78, 5) is 27.8. The molecule has 8 heteroatoms. The van der Waals surface area contributed by atoms with Crippen LogP contribution in [0.5, 0.6) is 0 Å². The van der Waals surface area contributed by atoms with Crippen molar-refractivity contribution >= 4 is 17.4 Å². The van der Waals surface area contributed by atoms with E-state index in [2.05, 4.69) is 22.6 Å². The molecule has 28 heavy (non-hydrogen) atoms. The van der Waals surface area contributed by atoms with E-state index < -0.39 is 0 Å². The van der Waals surface area contributed by atoms with Crippen LogP contribution in [-0.4, -0.2) is 66.1 Å². The Morgan fingerprint density at radius 3 is 2.79 bits per heavy atom. The van der Waals surface area contributed by atoms with E-state index in [4.69, 9.17) is 0 Å². The molecule has 2 heterocycles. The summed E-state index contributed by atoms with van der Waals surface area (Å²) < 4.78 is 0. The van der Waals surface area contributed by atoms with Gasteiger partial charge in [0.15, 0.2) is 0 Å². The van der Waals surface area contributed by atoms with Gasteiger partial charge >= 0.3 is 6.03 Å². The summed E-state index contributed by atoms with van der Waals surface area (Å²) in [5, 5.41) is 18.0. The summed E-state index contributed by atoms with van der Waals surface area (Å²) in [6.45, 7) is 6.99. The lowest BCUT2D eigenvalue weighted by Crippen LogP contribution is -2.56. The Bertz CT molecular complexity index is 794. The molecular formula is C20H29N5O3. The van der Waals surface area contributed by atoms with E-state index in [0.29, 0.717) is 25.0 Å². The number of urea groups is 1. The highest BCUT2D eigenvalue weighted by molar-refractivity contribution is 5.74. The second-order valence-electron chi connectivity index (χ2n) is 8.23. The van der Waals surface area contributed by atoms with Crippen molar-refractivity contribution in [3.05, 3.63) is 33.4 Å². The zero-order valence-corrected chi connectivity index (χ0v) is 16.8. The van der Waals surface area contributed by atoms with Crippen molar-refractivity contribution in [1.29, 1.82) is 0 Å². The van der Waals surface area contributed by atoms with Crippen LogP contribution in [0, 0.1) is 10.1 Å². The van der Waals surface area contributed by atoms with Gasteiger partial charge in [-0.1, -0.05) is 0 Å². The van der Waals surface area contributed by atoms with Gasteiger partial charge in [0, 0.05) is 67.9 Å². The molecule has 2 N–H and O–H groups in total. The van der Waals surface area contributed by atoms with Crippen LogP contribution in [-0.2, 0) is 0 Å². The third-order valence-corrected chi connectivity index (χ3v) is 6.74. The number of nitrogens with zero attached hydrogens (tertiary/aromatic N) is 3. The van der Waals surface area contributed by atoms with E-state index >= 15 is 0 Å². The maximum absolute atomic E-state index is 12.5. The highest BCUT2D eigenvalue weighted by atomic mass is 16.6. The average Bonchev–Trinajstić information content (AvgIpc) is 3.07. The third-order valence-electron chi connectivity index (χ3n) is 6.74. The van der Waals surface area contributed by atoms with Crippen molar-refractivity contribution in [1.82, 2.24) is 15.1 Å². The molecule has 1 aromatic carbocycles. The van der Waals surface area contributed by atoms with Crippen molar-refractivity contribution in [3.63, 3.8) is 0 Å². The number of rotatable bonds is 4. The Morgan fingerprint density at radius 2 is 2.11 bits per heavy atom. The number of nitrogens with one attached hydrogen (secondary N) is 2. The number of amides is 2. The standard InChI is InChI=1S/C20H29N5O3/c1-4-24(5-2)20(26)22-13-7-15-16-8-14(25(27)28)9-17-19(16)12(10-21-17)6-18(15)23(3)11-13/h8-9,12-13,15,18,21H,4-7,10-11H2,1-3H3,(H,22,26)/t12?,13-,15?,18+/m0/s1. The summed E-state index contributed by atoms with van der Waals surface area (Å²) in [6, 6.07) is 3.82. The van der Waals surface area contributed by atoms with Gasteiger partial charge in [-0.15, -0.1) is 0 Å². The largest absolute Gasteiger partial charge is 0.384 e. The summed E-state index contributed by atoms with van der Waals surface area (Å²) in [5.74, 6) is 0.613. The lowest BCUT2D eigenvalue weighted by Gasteiger charge is -2.47. The van der Waals surface area contributed by atoms with Crippen LogP contribution in [0.1, 0.15) is 49.7 Å². The molecule has 2 amide bonds. The van der Waals surface area contributed by atoms with Gasteiger partial charge in [0.1, 0.15) is 0 Å². The number of nitro groups is 1. The number of carbonyl (C=O) groups excluding carboxylic acids is 1. The molecule has 0 spiro atoms. The Labute approximate surface area is 165 Å². The second kappa shape index (κ2) is 7.24. The molecular weight excluding hydrogens is 358 g/mol. The molecule has 0 saturated carbocycles. The SMILES string of the molecule is CCN(CC)C(=O)N[C@H]1CC2c3cc([N+](=O)[O-])cc4c3C(CN4)C[C@H]2N(C)C1. The number of fused-ring (bicyclic) bond motifs is 2. The number of likely N-dealkylation sites (N-methyl/N-ethyl adjacent to an activating group) is 1. The Balaban J connectivity index is 1.63. The normalized spacial score (nSPS) is 28.1. The van der Waals surface area contributed by atoms with Gasteiger partial charge in [-0.3, -0.25) is 10.1 Å². The molecule has 152 valence electrons. The van der Waals surface area contributed by atoms with Gasteiger partial charge in [-0.2, -0.15) is 0 Å². The Kier molecular flexibility index (Phi) is 4.91. The van der Waals surface area contributed by atoms with E-state index in [-0.39, 0.29) is 28.6 Å². The minimum atomic E-state index is -0.304. The summed E-state index contributed by atoms with van der Waals surface area (Å²) in [6.07, 6.45) is 1.88. The Morgan fingerprint density at radius 1 is 1.36 bits per heavy atom. The van der Waals surface area contributed by atoms with Crippen molar-refractivity contribution in [3.8, 4) is 0 Å². The zero-order valence-electron chi connectivity index (χ0n) is 16.8. The summed E-state index contributed by atoms with van der Waals surface area (Å²) >= 11 is 0. The van der Waals surface area contributed by atoms with E-state index in [9.17, 15) is 14.9 Å². The first-order chi connectivity index (χ1) is 13.4. The molecule has 8 nitrogen and oxygen atoms in total. The number of non-ortho nitro benzene ring substituents is 1. The highest BCUT2D eigenvalue weighted by Gasteiger charge is 2.45. The predicted molar refractivity (Wildman–Crippen MR) is 108 cm³/mol. The van der Waals surface area contributed by atoms with Crippen LogP contribution in [0.3, 0.4) is 0 Å². The van der Waals surface area contributed by atoms with Gasteiger partial charge in [0.2, 0.25) is 0 Å². The number of hydrogen-bond donors (Lipinski definition) is 2. The van der Waals surface area contributed by atoms with Crippen LogP contribution in [0.15, 0.2) is 12.1 Å². The van der Waals surface area contributed by atoms with Crippen molar-refractivity contribution < 1.29 is 9.72 Å². The van der Waals surface area contributed by atoms with Crippen molar-refractivity contribution in [2.45, 2.75) is 50.6 Å². The number of likely N-dealkylation sites (tertiary alicyclic amines) is 1. The molecule has 0 bridgehead atoms. The first-order valence-corrected chi connectivity index (χ1v) is 10.2. The molecule has 0 aromatic heterocycles. The molecule has 1 aromatic rings. The number of piperidine rings is 1. The quantitative estimate of drug-likeness (QED) is 0.612. The van der Waals surface area contributed by atoms with Gasteiger partial charge in [0.05, 0.1) is 4.92 Å². The number of carbonyl (C=O) groups is 1. The Hall–Kier alpha value is -2.35. The van der Waals surface area contributed by atoms with Gasteiger partial charge < -0.3 is 20.4 Å². The van der Waals surface area contributed by atoms with Crippen molar-refractivity contribution in [2.24, 2.45) is 0 Å². The molecule has 2 aliphatic heterocycles. The fourth-order valence-electron chi connectivity index (χ4n) is 5.39. The molecule has 3 aliphatic rings. The predicted octanol–water partition coefficient (Wildman–Crippen LogP) is 2.72. The molecule has 1 aliphatic carbocycles. The molecule has 0 radical (unpaired) electrons. The monoisotopic (exact) mass is 387 g/mol. The minimum Gasteiger partial charge on any atom is -0.384 e. The minimum absolute atomic E-state index is 0.0264. The fraction of sp³-hybridized carbons (Fsp3) is 0.650. The van der Waals surface area contributed by atoms with Crippen LogP contribution < -0.4 is 10.6 Å². The number of anilines is 1. The highest BCUT2D eigenvalue weighted by Crippen LogP contribution is 2.51. The molecule has 4 rings (SSSR count). The number of nitro benzene ring substituents is 1. The second-order valence-corrected chi connectivity index (χ2v) is 8.23. The van der Waals surface area contributed by atoms with Crippen LogP contribution in [0.25, 0.3) is 0 Å².